The van der Waals surface area contributed by atoms with Crippen molar-refractivity contribution in [1.29, 1.82) is 0 Å². The van der Waals surface area contributed by atoms with Crippen LogP contribution in [0.3, 0.4) is 0 Å². The van der Waals surface area contributed by atoms with Crippen molar-refractivity contribution in [2.75, 3.05) is 0 Å². The minimum absolute atomic E-state index is 0.229. The van der Waals surface area contributed by atoms with Crippen molar-refractivity contribution in [2.24, 2.45) is 0 Å². The largest absolute Gasteiger partial charge is 0.308 e. The zero-order valence-electron chi connectivity index (χ0n) is 29.9. The summed E-state index contributed by atoms with van der Waals surface area (Å²) in [6.07, 6.45) is 7.32. The van der Waals surface area contributed by atoms with E-state index in [1.807, 2.05) is 11.3 Å². The molecule has 0 radical (unpaired) electrons. The van der Waals surface area contributed by atoms with E-state index in [-0.39, 0.29) is 11.0 Å². The fourth-order valence-electron chi connectivity index (χ4n) is 10.6. The van der Waals surface area contributed by atoms with Gasteiger partial charge in [0.15, 0.2) is 23.6 Å². The number of pyridine rings is 2. The average molecular weight is 700 g/mol. The number of hydrogen-bond acceptors (Lipinski definition) is 1. The van der Waals surface area contributed by atoms with Crippen LogP contribution >= 0.6 is 11.3 Å². The van der Waals surface area contributed by atoms with E-state index in [4.69, 9.17) is 6.58 Å². The Morgan fingerprint density at radius 1 is 0.660 bits per heavy atom. The molecule has 5 aromatic heterocycles. The third kappa shape index (κ3) is 3.64. The van der Waals surface area contributed by atoms with Crippen LogP contribution in [0.1, 0.15) is 37.8 Å². The van der Waals surface area contributed by atoms with Gasteiger partial charge in [-0.15, -0.1) is 11.3 Å². The van der Waals surface area contributed by atoms with Crippen LogP contribution in [-0.4, -0.2) is 4.40 Å². The predicted octanol–water partition coefficient (Wildman–Crippen LogP) is 11.6. The van der Waals surface area contributed by atoms with Crippen molar-refractivity contribution in [3.8, 4) is 22.5 Å². The molecule has 0 saturated heterocycles. The molecule has 2 aliphatic rings. The molecule has 5 aromatic carbocycles. The van der Waals surface area contributed by atoms with Gasteiger partial charge in [0.05, 0.1) is 33.9 Å². The van der Waals surface area contributed by atoms with Crippen LogP contribution in [0, 0.1) is 0 Å². The summed E-state index contributed by atoms with van der Waals surface area (Å²) in [5, 5.41) is 8.10. The first-order valence-corrected chi connectivity index (χ1v) is 19.6. The summed E-state index contributed by atoms with van der Waals surface area (Å²) < 4.78 is 10.3. The Morgan fingerprint density at radius 3 is 2.32 bits per heavy atom. The third-order valence-electron chi connectivity index (χ3n) is 13.3. The van der Waals surface area contributed by atoms with E-state index < -0.39 is 0 Å². The molecule has 7 heterocycles. The highest BCUT2D eigenvalue weighted by atomic mass is 32.1. The van der Waals surface area contributed by atoms with Crippen LogP contribution in [0.5, 0.6) is 0 Å². The number of para-hydroxylation sites is 1. The maximum atomic E-state index is 4.83. The van der Waals surface area contributed by atoms with Crippen LogP contribution in [0.4, 0.5) is 0 Å². The maximum Gasteiger partial charge on any atom is 0.218 e. The number of aromatic nitrogens is 3. The zero-order valence-corrected chi connectivity index (χ0v) is 30.7. The van der Waals surface area contributed by atoms with Crippen molar-refractivity contribution in [3.63, 3.8) is 0 Å². The Balaban J connectivity index is 1.21. The fourth-order valence-corrected chi connectivity index (χ4v) is 11.8. The molecule has 2 unspecified atom stereocenters. The highest BCUT2D eigenvalue weighted by Crippen LogP contribution is 2.54. The smallest absolute Gasteiger partial charge is 0.218 e. The summed E-state index contributed by atoms with van der Waals surface area (Å²) in [6.45, 7) is 9.86. The number of thiophene rings is 1. The topological polar surface area (TPSA) is 12.2 Å². The van der Waals surface area contributed by atoms with Crippen LogP contribution < -0.4 is 9.13 Å². The summed E-state index contributed by atoms with van der Waals surface area (Å²) in [4.78, 5) is 0. The van der Waals surface area contributed by atoms with Crippen molar-refractivity contribution in [2.45, 2.75) is 44.1 Å². The summed E-state index contributed by atoms with van der Waals surface area (Å²) in [6, 6.07) is 47.9. The SMILES string of the molecule is C=C1CC2(C)[n+]3ccccc3-c3cc4c5cc6c7ccccc7sc6c6c7ccccc7n(c4cc3C2(C)CCc2ccccc2-c2cccc[n+]21)c56. The summed E-state index contributed by atoms with van der Waals surface area (Å²) in [5.74, 6) is 0. The van der Waals surface area contributed by atoms with Crippen LogP contribution in [-0.2, 0) is 17.4 Å². The van der Waals surface area contributed by atoms with E-state index in [0.717, 1.165) is 25.0 Å². The van der Waals surface area contributed by atoms with Gasteiger partial charge in [0.25, 0.3) is 0 Å². The molecule has 0 saturated carbocycles. The standard InChI is InChI=1S/C49H37N3S/c1-30-29-49(3)48(2,23-22-31-14-4-5-15-32(31)40-18-10-12-24-50(30)40)39-28-43-35(26-38(39)41-19-11-13-25-51(41)49)36-27-37-33-16-7-9-21-44(33)53-47(37)45-34-17-6-8-20-42(34)52(43)46(36)45/h4-21,24-28H,1,22-23,29H2,2-3H3/q+2. The van der Waals surface area contributed by atoms with E-state index in [1.54, 1.807) is 0 Å². The van der Waals surface area contributed by atoms with E-state index in [2.05, 4.69) is 167 Å². The molecule has 53 heavy (non-hydrogen) atoms. The lowest BCUT2D eigenvalue weighted by atomic mass is 9.59. The second kappa shape index (κ2) is 10.2. The van der Waals surface area contributed by atoms with Gasteiger partial charge in [0, 0.05) is 78.5 Å². The molecule has 0 aliphatic carbocycles. The summed E-state index contributed by atoms with van der Waals surface area (Å²) in [5.41, 5.74) is 12.4. The first-order chi connectivity index (χ1) is 25.9. The minimum atomic E-state index is -0.296. The molecule has 2 aliphatic heterocycles. The van der Waals surface area contributed by atoms with E-state index in [0.29, 0.717) is 0 Å². The number of fused-ring (bicyclic) bond motifs is 19. The van der Waals surface area contributed by atoms with Gasteiger partial charge < -0.3 is 4.40 Å². The summed E-state index contributed by atoms with van der Waals surface area (Å²) in [7, 11) is 0. The van der Waals surface area contributed by atoms with Gasteiger partial charge in [0.2, 0.25) is 11.4 Å². The zero-order chi connectivity index (χ0) is 35.2. The van der Waals surface area contributed by atoms with Gasteiger partial charge in [-0.2, -0.15) is 9.13 Å². The van der Waals surface area contributed by atoms with Crippen LogP contribution in [0.15, 0.2) is 146 Å². The van der Waals surface area contributed by atoms with Gasteiger partial charge in [-0.05, 0) is 86.0 Å². The lowest BCUT2D eigenvalue weighted by molar-refractivity contribution is -0.766. The number of nitrogens with zero attached hydrogens (tertiary/aromatic N) is 3. The second-order valence-corrected chi connectivity index (χ2v) is 16.9. The minimum Gasteiger partial charge on any atom is -0.308 e. The van der Waals surface area contributed by atoms with Gasteiger partial charge in [-0.3, -0.25) is 0 Å². The molecule has 3 nitrogen and oxygen atoms in total. The first kappa shape index (κ1) is 29.7. The first-order valence-electron chi connectivity index (χ1n) is 18.8. The normalized spacial score (nSPS) is 19.8. The lowest BCUT2D eigenvalue weighted by Crippen LogP contribution is -2.68. The number of hydrogen-bond donors (Lipinski definition) is 0. The number of aryl methyl sites for hydroxylation is 1. The van der Waals surface area contributed by atoms with Gasteiger partial charge in [-0.25, -0.2) is 0 Å². The molecule has 4 heteroatoms. The monoisotopic (exact) mass is 699 g/mol. The number of benzene rings is 5. The predicted molar refractivity (Wildman–Crippen MR) is 221 cm³/mol. The number of allylic oxidation sites excluding steroid dienone is 1. The fraction of sp³-hybridized carbons (Fsp3) is 0.143. The molecule has 0 bridgehead atoms. The molecule has 10 aromatic rings. The Morgan fingerprint density at radius 2 is 1.42 bits per heavy atom. The average Bonchev–Trinajstić information content (AvgIpc) is 3.85. The molecule has 0 N–H and O–H groups in total. The van der Waals surface area contributed by atoms with Gasteiger partial charge in [-0.1, -0.05) is 54.6 Å². The molecule has 0 spiro atoms. The van der Waals surface area contributed by atoms with Crippen molar-refractivity contribution < 1.29 is 9.13 Å². The van der Waals surface area contributed by atoms with Gasteiger partial charge in [0.1, 0.15) is 0 Å². The van der Waals surface area contributed by atoms with Crippen molar-refractivity contribution >= 4 is 75.3 Å². The Hall–Kier alpha value is -5.84. The Bertz CT molecular complexity index is 3220. The van der Waals surface area contributed by atoms with E-state index >= 15 is 0 Å². The highest BCUT2D eigenvalue weighted by Gasteiger charge is 2.59. The molecule has 12 rings (SSSR count). The molecular weight excluding hydrogens is 663 g/mol. The van der Waals surface area contributed by atoms with Crippen molar-refractivity contribution in [3.05, 3.63) is 157 Å². The van der Waals surface area contributed by atoms with Crippen LogP contribution in [0.25, 0.3) is 86.5 Å². The molecule has 0 amide bonds. The molecule has 2 atom stereocenters. The van der Waals surface area contributed by atoms with Crippen molar-refractivity contribution in [1.82, 2.24) is 4.40 Å². The van der Waals surface area contributed by atoms with Gasteiger partial charge >= 0.3 is 0 Å². The van der Waals surface area contributed by atoms with E-state index in [9.17, 15) is 0 Å². The Labute approximate surface area is 311 Å². The Kier molecular flexibility index (Phi) is 5.71. The summed E-state index contributed by atoms with van der Waals surface area (Å²) >= 11 is 1.94. The quantitative estimate of drug-likeness (QED) is 0.140. The second-order valence-electron chi connectivity index (χ2n) is 15.8. The highest BCUT2D eigenvalue weighted by molar-refractivity contribution is 7.26. The molecule has 0 fully saturated rings. The molecule has 252 valence electrons. The molecular formula is C49H37N3S+2. The number of rotatable bonds is 0. The lowest BCUT2D eigenvalue weighted by Gasteiger charge is -2.47. The maximum absolute atomic E-state index is 4.83. The third-order valence-corrected chi connectivity index (χ3v) is 14.5. The van der Waals surface area contributed by atoms with Crippen LogP contribution in [0.2, 0.25) is 0 Å². The van der Waals surface area contributed by atoms with E-state index in [1.165, 1.54) is 91.9 Å².